The molecule has 0 aliphatic heterocycles. The van der Waals surface area contributed by atoms with E-state index in [4.69, 9.17) is 0 Å². The molecule has 0 saturated heterocycles. The van der Waals surface area contributed by atoms with E-state index < -0.39 is 0 Å². The van der Waals surface area contributed by atoms with Crippen LogP contribution in [0.5, 0.6) is 0 Å². The average Bonchev–Trinajstić information content (AvgIpc) is 0. The summed E-state index contributed by atoms with van der Waals surface area (Å²) in [6.07, 6.45) is 0. The van der Waals surface area contributed by atoms with Gasteiger partial charge in [-0.2, -0.15) is 0 Å². The van der Waals surface area contributed by atoms with Gasteiger partial charge in [-0.25, -0.2) is 0 Å². The maximum Gasteiger partial charge on any atom is 2.00 e. The van der Waals surface area contributed by atoms with Gasteiger partial charge in [-0.3, -0.25) is 0 Å². The topological polar surface area (TPSA) is 0 Å². The van der Waals surface area contributed by atoms with Gasteiger partial charge >= 0.3 is 34.1 Å². The van der Waals surface area contributed by atoms with Gasteiger partial charge < -0.3 is 58.8 Å². The van der Waals surface area contributed by atoms with Crippen molar-refractivity contribution in [1.29, 1.82) is 0 Å². The molecule has 0 fully saturated rings. The Hall–Kier alpha value is 2.58. The van der Waals surface area contributed by atoms with Gasteiger partial charge in [-0.15, -0.1) is 0 Å². The molecule has 0 atom stereocenters. The van der Waals surface area contributed by atoms with Crippen LogP contribution in [0.3, 0.4) is 0 Å². The van der Waals surface area contributed by atoms with E-state index >= 15 is 0 Å². The van der Waals surface area contributed by atoms with Crippen molar-refractivity contribution >= 4 is 0 Å². The predicted molar refractivity (Wildman–Crippen MR) is 0 cm³/mol. The van der Waals surface area contributed by atoms with Gasteiger partial charge in [0.15, 0.2) is 0 Å². The molecule has 0 saturated carbocycles. The molecule has 0 nitrogen and oxygen atoms in total. The molecule has 0 spiro atoms. The Morgan fingerprint density at radius 3 is 0.500 bits per heavy atom. The van der Waals surface area contributed by atoms with Crippen LogP contribution in [0.4, 0.5) is 0 Å². The molecule has 0 aliphatic rings. The minimum absolute atomic E-state index is 0. The molecule has 0 bridgehead atoms. The second-order valence-corrected chi connectivity index (χ2v) is 0. The normalized spacial score (nSPS) is 0. The standard InChI is InChI=1S/2BrH.2ClH.2Fe/h4*1H;;/q;;;;2*+2/p-4. The van der Waals surface area contributed by atoms with Crippen LogP contribution < -0.4 is 58.8 Å². The quantitative estimate of drug-likeness (QED) is 0.384. The Morgan fingerprint density at radius 2 is 0.500 bits per heavy atom. The van der Waals surface area contributed by atoms with Gasteiger partial charge in [-0.05, 0) is 0 Å². The predicted octanol–water partition coefficient (Wildman–Crippen LogP) is -12.0. The van der Waals surface area contributed by atoms with E-state index in [-0.39, 0.29) is 92.9 Å². The third-order valence-electron chi connectivity index (χ3n) is 0. The third kappa shape index (κ3) is 30.8. The van der Waals surface area contributed by atoms with E-state index in [1.54, 1.807) is 0 Å². The van der Waals surface area contributed by atoms with Crippen molar-refractivity contribution in [3.05, 3.63) is 0 Å². The van der Waals surface area contributed by atoms with Crippen LogP contribution >= 0.6 is 0 Å². The van der Waals surface area contributed by atoms with Crippen molar-refractivity contribution in [3.63, 3.8) is 0 Å². The molecule has 0 unspecified atom stereocenters. The summed E-state index contributed by atoms with van der Waals surface area (Å²) in [5.74, 6) is 0. The van der Waals surface area contributed by atoms with Crippen LogP contribution in [0.25, 0.3) is 0 Å². The van der Waals surface area contributed by atoms with E-state index in [1.807, 2.05) is 0 Å². The summed E-state index contributed by atoms with van der Waals surface area (Å²) in [6.45, 7) is 0. The van der Waals surface area contributed by atoms with Gasteiger partial charge in [0.2, 0.25) is 0 Å². The molecule has 0 amide bonds. The number of hydrogen-bond donors (Lipinski definition) is 0. The van der Waals surface area contributed by atoms with Gasteiger partial charge in [-0.1, -0.05) is 0 Å². The second kappa shape index (κ2) is 49.3. The van der Waals surface area contributed by atoms with Gasteiger partial charge in [0, 0.05) is 0 Å². The Morgan fingerprint density at radius 1 is 0.500 bits per heavy atom. The molecule has 0 rings (SSSR count). The molecule has 44 valence electrons. The monoisotopic (exact) mass is 340 g/mol. The van der Waals surface area contributed by atoms with E-state index in [9.17, 15) is 0 Å². The van der Waals surface area contributed by atoms with Crippen LogP contribution in [0.15, 0.2) is 0 Å². The van der Waals surface area contributed by atoms with Crippen molar-refractivity contribution in [1.82, 2.24) is 0 Å². The van der Waals surface area contributed by atoms with Crippen LogP contribution in [0, 0.1) is 0 Å². The van der Waals surface area contributed by atoms with E-state index in [0.29, 0.717) is 0 Å². The number of rotatable bonds is 0. The average molecular weight is 342 g/mol. The first-order valence-electron chi connectivity index (χ1n) is 0. The van der Waals surface area contributed by atoms with Crippen molar-refractivity contribution in [2.45, 2.75) is 0 Å². The summed E-state index contributed by atoms with van der Waals surface area (Å²) in [7, 11) is 0. The van der Waals surface area contributed by atoms with E-state index in [0.717, 1.165) is 0 Å². The zero-order valence-electron chi connectivity index (χ0n) is 2.22. The Kier molecular flexibility index (Phi) is 609. The zero-order chi connectivity index (χ0) is 0. The van der Waals surface area contributed by atoms with E-state index in [2.05, 4.69) is 0 Å². The van der Waals surface area contributed by atoms with Gasteiger partial charge in [0.05, 0.1) is 0 Å². The van der Waals surface area contributed by atoms with Crippen molar-refractivity contribution in [2.75, 3.05) is 0 Å². The molecule has 6 heavy (non-hydrogen) atoms. The molecule has 0 heterocycles. The maximum atomic E-state index is 0. The molecular weight excluding hydrogens is 342 g/mol. The Labute approximate surface area is 91.9 Å². The molecule has 0 aromatic heterocycles. The van der Waals surface area contributed by atoms with Crippen LogP contribution in [0.2, 0.25) is 0 Å². The van der Waals surface area contributed by atoms with Crippen LogP contribution in [0.1, 0.15) is 0 Å². The van der Waals surface area contributed by atoms with Crippen LogP contribution in [-0.2, 0) is 34.1 Å². The summed E-state index contributed by atoms with van der Waals surface area (Å²) in [5.41, 5.74) is 0. The SMILES string of the molecule is [Br-].[Br-].[Cl-].[Cl-].[Fe+2].[Fe+2]. The smallest absolute Gasteiger partial charge is 1.00 e. The molecule has 0 aromatic rings. The Balaban J connectivity index is 0. The third-order valence-corrected chi connectivity index (χ3v) is 0. The fourth-order valence-corrected chi connectivity index (χ4v) is 0. The molecule has 0 radical (unpaired) electrons. The number of halogens is 4. The zero-order valence-corrected chi connectivity index (χ0v) is 9.11. The van der Waals surface area contributed by atoms with Crippen LogP contribution in [-0.4, -0.2) is 0 Å². The summed E-state index contributed by atoms with van der Waals surface area (Å²) in [6, 6.07) is 0. The fourth-order valence-electron chi connectivity index (χ4n) is 0. The Bertz CT molecular complexity index is 9.51. The largest absolute Gasteiger partial charge is 2.00 e. The van der Waals surface area contributed by atoms with Crippen molar-refractivity contribution in [2.24, 2.45) is 0 Å². The summed E-state index contributed by atoms with van der Waals surface area (Å²) in [4.78, 5) is 0. The minimum atomic E-state index is 0. The fraction of sp³-hybridized carbons (Fsp3) is 0. The molecule has 0 aromatic carbocycles. The summed E-state index contributed by atoms with van der Waals surface area (Å²) in [5, 5.41) is 0. The van der Waals surface area contributed by atoms with E-state index in [1.165, 1.54) is 0 Å². The molecule has 6 heteroatoms. The molecule has 0 N–H and O–H groups in total. The first-order chi connectivity index (χ1) is 0. The minimum Gasteiger partial charge on any atom is -1.00 e. The van der Waals surface area contributed by atoms with Gasteiger partial charge in [0.1, 0.15) is 0 Å². The first-order valence-corrected chi connectivity index (χ1v) is 0. The first kappa shape index (κ1) is 74.1. The van der Waals surface area contributed by atoms with Gasteiger partial charge in [0.25, 0.3) is 0 Å². The summed E-state index contributed by atoms with van der Waals surface area (Å²) >= 11 is 0. The molecule has 0 aliphatic carbocycles. The second-order valence-electron chi connectivity index (χ2n) is 0. The summed E-state index contributed by atoms with van der Waals surface area (Å²) < 4.78 is 0. The van der Waals surface area contributed by atoms with Crippen molar-refractivity contribution < 1.29 is 92.9 Å². The number of hydrogen-bond acceptors (Lipinski definition) is 0. The molecular formula is Br2Cl2Fe2. The maximum absolute atomic E-state index is 0. The van der Waals surface area contributed by atoms with Crippen molar-refractivity contribution in [3.8, 4) is 0 Å².